The van der Waals surface area contributed by atoms with Crippen molar-refractivity contribution in [3.05, 3.63) is 52.2 Å². The SMILES string of the molecule is COc1cccc(CN2CCC3(CC2)CCN(Cc2cccs2)C3)c1.O=C(O)C(F)(F)F.O=C(O)C(F)(F)F. The normalized spacial score (nSPS) is 17.5. The van der Waals surface area contributed by atoms with E-state index in [2.05, 4.69) is 45.5 Å². The van der Waals surface area contributed by atoms with E-state index < -0.39 is 24.3 Å². The minimum Gasteiger partial charge on any atom is -0.497 e. The van der Waals surface area contributed by atoms with Gasteiger partial charge in [-0.15, -0.1) is 11.3 Å². The van der Waals surface area contributed by atoms with Crippen LogP contribution in [0.1, 0.15) is 29.7 Å². The summed E-state index contributed by atoms with van der Waals surface area (Å²) in [6.07, 6.45) is -6.10. The molecule has 0 saturated carbocycles. The van der Waals surface area contributed by atoms with Gasteiger partial charge in [0.25, 0.3) is 0 Å². The van der Waals surface area contributed by atoms with Gasteiger partial charge in [-0.2, -0.15) is 26.3 Å². The molecule has 1 aromatic heterocycles. The molecule has 2 fully saturated rings. The number of piperidine rings is 1. The van der Waals surface area contributed by atoms with Crippen molar-refractivity contribution in [2.75, 3.05) is 33.3 Å². The van der Waals surface area contributed by atoms with Gasteiger partial charge in [0.2, 0.25) is 0 Å². The molecule has 218 valence electrons. The molecule has 7 nitrogen and oxygen atoms in total. The van der Waals surface area contributed by atoms with Crippen molar-refractivity contribution < 1.29 is 50.9 Å². The number of aliphatic carboxylic acids is 2. The molecule has 1 spiro atoms. The first-order valence-electron chi connectivity index (χ1n) is 11.8. The third kappa shape index (κ3) is 11.0. The number of carbonyl (C=O) groups is 2. The van der Waals surface area contributed by atoms with E-state index in [0.29, 0.717) is 5.41 Å². The van der Waals surface area contributed by atoms with Crippen LogP contribution < -0.4 is 4.74 Å². The molecule has 3 heterocycles. The smallest absolute Gasteiger partial charge is 0.490 e. The fourth-order valence-electron chi connectivity index (χ4n) is 4.41. The highest BCUT2D eigenvalue weighted by Crippen LogP contribution is 2.41. The van der Waals surface area contributed by atoms with E-state index in [1.807, 2.05) is 17.4 Å². The van der Waals surface area contributed by atoms with E-state index in [9.17, 15) is 26.3 Å². The summed E-state index contributed by atoms with van der Waals surface area (Å²) < 4.78 is 68.8. The van der Waals surface area contributed by atoms with Crippen molar-refractivity contribution in [3.63, 3.8) is 0 Å². The first-order valence-corrected chi connectivity index (χ1v) is 12.7. The number of thiophene rings is 1. The molecule has 39 heavy (non-hydrogen) atoms. The van der Waals surface area contributed by atoms with Crippen molar-refractivity contribution in [1.82, 2.24) is 9.80 Å². The van der Waals surface area contributed by atoms with E-state index in [-0.39, 0.29) is 0 Å². The lowest BCUT2D eigenvalue weighted by atomic mass is 9.77. The molecule has 2 N–H and O–H groups in total. The number of hydrogen-bond donors (Lipinski definition) is 2. The number of halogens is 6. The van der Waals surface area contributed by atoms with Gasteiger partial charge < -0.3 is 14.9 Å². The Morgan fingerprint density at radius 1 is 0.897 bits per heavy atom. The summed E-state index contributed by atoms with van der Waals surface area (Å²) in [5, 5.41) is 16.4. The Kier molecular flexibility index (Phi) is 11.6. The summed E-state index contributed by atoms with van der Waals surface area (Å²) in [6, 6.07) is 12.9. The largest absolute Gasteiger partial charge is 0.497 e. The summed E-state index contributed by atoms with van der Waals surface area (Å²) in [5.41, 5.74) is 1.93. The monoisotopic (exact) mass is 584 g/mol. The summed E-state index contributed by atoms with van der Waals surface area (Å²) in [4.78, 5) is 24.6. The maximum absolute atomic E-state index is 10.6. The zero-order valence-corrected chi connectivity index (χ0v) is 21.9. The Morgan fingerprint density at radius 2 is 1.44 bits per heavy atom. The number of carboxylic acid groups (broad SMARTS) is 2. The quantitative estimate of drug-likeness (QED) is 0.448. The number of nitrogens with zero attached hydrogens (tertiary/aromatic N) is 2. The van der Waals surface area contributed by atoms with Gasteiger partial charge in [-0.25, -0.2) is 9.59 Å². The lowest BCUT2D eigenvalue weighted by molar-refractivity contribution is -0.193. The number of methoxy groups -OCH3 is 1. The van der Waals surface area contributed by atoms with Crippen molar-refractivity contribution in [3.8, 4) is 5.75 Å². The van der Waals surface area contributed by atoms with Crippen LogP contribution >= 0.6 is 11.3 Å². The molecule has 0 amide bonds. The number of alkyl halides is 6. The molecule has 0 radical (unpaired) electrons. The van der Waals surface area contributed by atoms with Crippen LogP contribution in [0, 0.1) is 5.41 Å². The Labute approximate surface area is 225 Å². The minimum atomic E-state index is -5.08. The number of likely N-dealkylation sites (tertiary alicyclic amines) is 2. The lowest BCUT2D eigenvalue weighted by Gasteiger charge is -2.39. The summed E-state index contributed by atoms with van der Waals surface area (Å²) in [7, 11) is 1.74. The molecule has 2 aromatic rings. The van der Waals surface area contributed by atoms with Gasteiger partial charge in [0.1, 0.15) is 5.75 Å². The summed E-state index contributed by atoms with van der Waals surface area (Å²) >= 11 is 1.89. The van der Waals surface area contributed by atoms with E-state index in [1.54, 1.807) is 7.11 Å². The molecule has 0 bridgehead atoms. The molecular weight excluding hydrogens is 554 g/mol. The second-order valence-corrected chi connectivity index (χ2v) is 10.3. The van der Waals surface area contributed by atoms with Crippen molar-refractivity contribution >= 4 is 23.3 Å². The third-order valence-electron chi connectivity index (χ3n) is 6.42. The molecule has 1 aromatic carbocycles. The highest BCUT2D eigenvalue weighted by Gasteiger charge is 2.40. The average Bonchev–Trinajstić information content (AvgIpc) is 3.51. The Hall–Kier alpha value is -2.84. The van der Waals surface area contributed by atoms with Crippen molar-refractivity contribution in [2.45, 2.75) is 44.7 Å². The second-order valence-electron chi connectivity index (χ2n) is 9.27. The first kappa shape index (κ1) is 32.4. The number of ether oxygens (including phenoxy) is 1. The predicted molar refractivity (Wildman–Crippen MR) is 132 cm³/mol. The van der Waals surface area contributed by atoms with Crippen molar-refractivity contribution in [2.24, 2.45) is 5.41 Å². The van der Waals surface area contributed by atoms with Gasteiger partial charge in [0, 0.05) is 24.5 Å². The van der Waals surface area contributed by atoms with Gasteiger partial charge in [-0.1, -0.05) is 18.2 Å². The standard InChI is InChI=1S/C21H28N2OS.2C2HF3O2/c1-24-19-5-2-4-18(14-19)15-22-10-7-21(8-11-22)9-12-23(17-21)16-20-6-3-13-25-20;2*3-2(4,5)1(6)7/h2-6,13-14H,7-12,15-17H2,1H3;2*(H,6,7). The lowest BCUT2D eigenvalue weighted by Crippen LogP contribution is -2.41. The highest BCUT2D eigenvalue weighted by atomic mass is 32.1. The maximum atomic E-state index is 10.6. The van der Waals surface area contributed by atoms with E-state index >= 15 is 0 Å². The Bertz CT molecular complexity index is 1030. The molecule has 0 aliphatic carbocycles. The van der Waals surface area contributed by atoms with E-state index in [0.717, 1.165) is 18.8 Å². The summed E-state index contributed by atoms with van der Waals surface area (Å²) in [5.74, 6) is -4.55. The molecule has 2 aliphatic heterocycles. The van der Waals surface area contributed by atoms with E-state index in [4.69, 9.17) is 24.5 Å². The topological polar surface area (TPSA) is 90.3 Å². The number of benzene rings is 1. The maximum Gasteiger partial charge on any atom is 0.490 e. The number of carboxylic acids is 2. The zero-order valence-electron chi connectivity index (χ0n) is 21.1. The van der Waals surface area contributed by atoms with Gasteiger partial charge in [-0.05, 0) is 73.5 Å². The predicted octanol–water partition coefficient (Wildman–Crippen LogP) is 5.51. The van der Waals surface area contributed by atoms with Gasteiger partial charge >= 0.3 is 24.3 Å². The van der Waals surface area contributed by atoms with Gasteiger partial charge in [0.05, 0.1) is 7.11 Å². The molecule has 14 heteroatoms. The Morgan fingerprint density at radius 3 is 1.90 bits per heavy atom. The van der Waals surface area contributed by atoms with Crippen LogP contribution in [0.5, 0.6) is 5.75 Å². The molecule has 0 atom stereocenters. The second kappa shape index (κ2) is 14.0. The fourth-order valence-corrected chi connectivity index (χ4v) is 5.15. The molecule has 2 aliphatic rings. The first-order chi connectivity index (χ1) is 18.1. The minimum absolute atomic E-state index is 0.572. The van der Waals surface area contributed by atoms with Gasteiger partial charge in [-0.3, -0.25) is 9.80 Å². The van der Waals surface area contributed by atoms with Crippen LogP contribution in [-0.4, -0.2) is 77.6 Å². The van der Waals surface area contributed by atoms with Crippen LogP contribution in [-0.2, 0) is 22.7 Å². The van der Waals surface area contributed by atoms with Crippen LogP contribution in [0.2, 0.25) is 0 Å². The number of rotatable bonds is 5. The molecule has 0 unspecified atom stereocenters. The molecule has 4 rings (SSSR count). The third-order valence-corrected chi connectivity index (χ3v) is 7.28. The van der Waals surface area contributed by atoms with Crippen LogP contribution in [0.25, 0.3) is 0 Å². The van der Waals surface area contributed by atoms with Crippen LogP contribution in [0.3, 0.4) is 0 Å². The molecular formula is C25H30F6N2O5S. The average molecular weight is 585 g/mol. The number of hydrogen-bond acceptors (Lipinski definition) is 6. The zero-order chi connectivity index (χ0) is 29.3. The molecule has 2 saturated heterocycles. The van der Waals surface area contributed by atoms with Gasteiger partial charge in [0.15, 0.2) is 0 Å². The fraction of sp³-hybridized carbons (Fsp3) is 0.520. The van der Waals surface area contributed by atoms with Crippen LogP contribution in [0.15, 0.2) is 41.8 Å². The summed E-state index contributed by atoms with van der Waals surface area (Å²) in [6.45, 7) is 7.21. The van der Waals surface area contributed by atoms with Crippen LogP contribution in [0.4, 0.5) is 26.3 Å². The van der Waals surface area contributed by atoms with Crippen molar-refractivity contribution in [1.29, 1.82) is 0 Å². The highest BCUT2D eigenvalue weighted by molar-refractivity contribution is 7.09. The Balaban J connectivity index is 0.000000317. The van der Waals surface area contributed by atoms with E-state index in [1.165, 1.54) is 55.9 Å².